The number of aryl methyl sites for hydroxylation is 2. The Balaban J connectivity index is 2.03. The van der Waals surface area contributed by atoms with Crippen LogP contribution < -0.4 is 5.32 Å². The Labute approximate surface area is 118 Å². The van der Waals surface area contributed by atoms with Gasteiger partial charge in [-0.15, -0.1) is 0 Å². The van der Waals surface area contributed by atoms with Gasteiger partial charge >= 0.3 is 0 Å². The number of nitrogens with one attached hydrogen (secondary N) is 1. The van der Waals surface area contributed by atoms with Gasteiger partial charge in [0.2, 0.25) is 11.8 Å². The van der Waals surface area contributed by atoms with Crippen molar-refractivity contribution in [3.63, 3.8) is 0 Å². The fraction of sp³-hybridized carbons (Fsp3) is 0.467. The van der Waals surface area contributed by atoms with Gasteiger partial charge in [-0.2, -0.15) is 0 Å². The first-order valence-corrected chi connectivity index (χ1v) is 6.77. The van der Waals surface area contributed by atoms with Gasteiger partial charge in [-0.1, -0.05) is 12.1 Å². The van der Waals surface area contributed by atoms with Crippen LogP contribution in [0.3, 0.4) is 0 Å². The molecule has 2 rings (SSSR count). The van der Waals surface area contributed by atoms with E-state index in [4.69, 9.17) is 0 Å². The quantitative estimate of drug-likeness (QED) is 0.853. The van der Waals surface area contributed by atoms with Crippen LogP contribution in [0.1, 0.15) is 30.0 Å². The molecule has 0 aromatic heterocycles. The fourth-order valence-electron chi connectivity index (χ4n) is 2.55. The smallest absolute Gasteiger partial charge is 0.246 e. The maximum Gasteiger partial charge on any atom is 0.246 e. The van der Waals surface area contributed by atoms with Crippen molar-refractivity contribution in [2.75, 3.05) is 6.54 Å². The molecule has 0 radical (unpaired) electrons. The second kappa shape index (κ2) is 5.71. The average Bonchev–Trinajstić information content (AvgIpc) is 2.67. The molecule has 1 aromatic rings. The number of likely N-dealkylation sites (tertiary alicyclic amines) is 1. The Kier molecular flexibility index (Phi) is 4.18. The number of benzene rings is 1. The number of carbonyl (C=O) groups is 2. The third-order valence-electron chi connectivity index (χ3n) is 3.61. The molecule has 1 N–H and O–H groups in total. The maximum absolute atomic E-state index is 13.5. The van der Waals surface area contributed by atoms with Crippen molar-refractivity contribution in [2.24, 2.45) is 0 Å². The van der Waals surface area contributed by atoms with Crippen LogP contribution in [0.25, 0.3) is 0 Å². The minimum Gasteiger partial charge on any atom is -0.301 e. The van der Waals surface area contributed by atoms with Gasteiger partial charge in [0.05, 0.1) is 12.5 Å². The van der Waals surface area contributed by atoms with E-state index in [1.807, 2.05) is 0 Å². The number of likely N-dealkylation sites (N-methyl/N-ethyl adjacent to an activating group) is 1. The molecule has 0 saturated carbocycles. The molecule has 5 heteroatoms. The van der Waals surface area contributed by atoms with E-state index in [2.05, 4.69) is 5.32 Å². The van der Waals surface area contributed by atoms with Gasteiger partial charge in [-0.25, -0.2) is 4.39 Å². The van der Waals surface area contributed by atoms with Gasteiger partial charge in [0.1, 0.15) is 5.82 Å². The summed E-state index contributed by atoms with van der Waals surface area (Å²) in [5, 5.41) is 3.08. The monoisotopic (exact) mass is 278 g/mol. The van der Waals surface area contributed by atoms with E-state index in [9.17, 15) is 14.0 Å². The summed E-state index contributed by atoms with van der Waals surface area (Å²) in [6.07, 6.45) is 0.200. The van der Waals surface area contributed by atoms with Crippen LogP contribution in [0.2, 0.25) is 0 Å². The van der Waals surface area contributed by atoms with Crippen molar-refractivity contribution in [1.82, 2.24) is 10.2 Å². The lowest BCUT2D eigenvalue weighted by Gasteiger charge is -2.14. The van der Waals surface area contributed by atoms with Crippen LogP contribution in [0.5, 0.6) is 0 Å². The van der Waals surface area contributed by atoms with Crippen molar-refractivity contribution >= 4 is 11.8 Å². The highest BCUT2D eigenvalue weighted by molar-refractivity contribution is 6.05. The first-order valence-electron chi connectivity index (χ1n) is 6.77. The van der Waals surface area contributed by atoms with Crippen LogP contribution in [0.4, 0.5) is 4.39 Å². The van der Waals surface area contributed by atoms with E-state index in [-0.39, 0.29) is 24.1 Å². The lowest BCUT2D eigenvalue weighted by molar-refractivity contribution is -0.138. The molecule has 4 nitrogen and oxygen atoms in total. The van der Waals surface area contributed by atoms with Crippen molar-refractivity contribution in [1.29, 1.82) is 0 Å². The molecule has 1 saturated heterocycles. The van der Waals surface area contributed by atoms with E-state index >= 15 is 0 Å². The zero-order chi connectivity index (χ0) is 14.9. The van der Waals surface area contributed by atoms with E-state index < -0.39 is 6.04 Å². The fourth-order valence-corrected chi connectivity index (χ4v) is 2.55. The molecule has 20 heavy (non-hydrogen) atoms. The summed E-state index contributed by atoms with van der Waals surface area (Å²) in [7, 11) is 0. The Hall–Kier alpha value is -1.75. The molecule has 1 unspecified atom stereocenters. The summed E-state index contributed by atoms with van der Waals surface area (Å²) >= 11 is 0. The molecule has 0 aliphatic carbocycles. The zero-order valence-corrected chi connectivity index (χ0v) is 12.0. The standard InChI is InChI=1S/C15H19FN2O2/c1-4-18-13(19)7-12(15(18)20)17-8-11-5-9(2)14(16)10(3)6-11/h5-6,12,17H,4,7-8H2,1-3H3. The van der Waals surface area contributed by atoms with Gasteiger partial charge in [0, 0.05) is 13.1 Å². The first kappa shape index (κ1) is 14.7. The number of carbonyl (C=O) groups excluding carboxylic acids is 2. The number of rotatable bonds is 4. The van der Waals surface area contributed by atoms with E-state index in [0.29, 0.717) is 24.2 Å². The van der Waals surface area contributed by atoms with Crippen molar-refractivity contribution < 1.29 is 14.0 Å². The zero-order valence-electron chi connectivity index (χ0n) is 12.0. The molecule has 2 amide bonds. The summed E-state index contributed by atoms with van der Waals surface area (Å²) < 4.78 is 13.5. The van der Waals surface area contributed by atoms with E-state index in [0.717, 1.165) is 5.56 Å². The minimum absolute atomic E-state index is 0.138. The lowest BCUT2D eigenvalue weighted by Crippen LogP contribution is -2.38. The largest absolute Gasteiger partial charge is 0.301 e. The van der Waals surface area contributed by atoms with Crippen LogP contribution in [-0.4, -0.2) is 29.3 Å². The van der Waals surface area contributed by atoms with Gasteiger partial charge < -0.3 is 5.32 Å². The van der Waals surface area contributed by atoms with Crippen molar-refractivity contribution in [2.45, 2.75) is 39.8 Å². The van der Waals surface area contributed by atoms with Crippen molar-refractivity contribution in [3.8, 4) is 0 Å². The molecule has 1 fully saturated rings. The summed E-state index contributed by atoms with van der Waals surface area (Å²) in [5.74, 6) is -0.507. The highest BCUT2D eigenvalue weighted by Crippen LogP contribution is 2.16. The number of halogens is 1. The molecular weight excluding hydrogens is 259 g/mol. The number of nitrogens with zero attached hydrogens (tertiary/aromatic N) is 1. The van der Waals surface area contributed by atoms with Gasteiger partial charge in [-0.05, 0) is 37.5 Å². The summed E-state index contributed by atoms with van der Waals surface area (Å²) in [6, 6.07) is 3.05. The summed E-state index contributed by atoms with van der Waals surface area (Å²) in [5.41, 5.74) is 2.09. The average molecular weight is 278 g/mol. The van der Waals surface area contributed by atoms with Crippen LogP contribution >= 0.6 is 0 Å². The number of hydrogen-bond donors (Lipinski definition) is 1. The van der Waals surface area contributed by atoms with Crippen LogP contribution in [0.15, 0.2) is 12.1 Å². The molecule has 0 spiro atoms. The third kappa shape index (κ3) is 2.72. The second-order valence-electron chi connectivity index (χ2n) is 5.16. The maximum atomic E-state index is 13.5. The van der Waals surface area contributed by atoms with E-state index in [1.165, 1.54) is 4.90 Å². The number of hydrogen-bond acceptors (Lipinski definition) is 3. The molecule has 0 bridgehead atoms. The van der Waals surface area contributed by atoms with Gasteiger partial charge in [-0.3, -0.25) is 14.5 Å². The Morgan fingerprint density at radius 2 is 1.90 bits per heavy atom. The predicted octanol–water partition coefficient (Wildman–Crippen LogP) is 1.68. The molecule has 1 aliphatic rings. The first-order chi connectivity index (χ1) is 9.43. The highest BCUT2D eigenvalue weighted by atomic mass is 19.1. The van der Waals surface area contributed by atoms with Gasteiger partial charge in [0.15, 0.2) is 0 Å². The predicted molar refractivity (Wildman–Crippen MR) is 73.5 cm³/mol. The molecule has 1 atom stereocenters. The highest BCUT2D eigenvalue weighted by Gasteiger charge is 2.36. The van der Waals surface area contributed by atoms with Crippen molar-refractivity contribution in [3.05, 3.63) is 34.6 Å². The topological polar surface area (TPSA) is 49.4 Å². The van der Waals surface area contributed by atoms with Crippen LogP contribution in [-0.2, 0) is 16.1 Å². The Morgan fingerprint density at radius 3 is 2.40 bits per heavy atom. The normalized spacial score (nSPS) is 19.0. The van der Waals surface area contributed by atoms with E-state index in [1.54, 1.807) is 32.9 Å². The third-order valence-corrected chi connectivity index (χ3v) is 3.61. The molecular formula is C15H19FN2O2. The molecule has 108 valence electrons. The minimum atomic E-state index is -0.465. The van der Waals surface area contributed by atoms with Gasteiger partial charge in [0.25, 0.3) is 0 Å². The summed E-state index contributed by atoms with van der Waals surface area (Å²) in [6.45, 7) is 6.07. The van der Waals surface area contributed by atoms with Crippen LogP contribution in [0, 0.1) is 19.7 Å². The SMILES string of the molecule is CCN1C(=O)CC(NCc2cc(C)c(F)c(C)c2)C1=O. The number of imide groups is 1. The number of amides is 2. The molecule has 1 aliphatic heterocycles. The Morgan fingerprint density at radius 1 is 1.30 bits per heavy atom. The summed E-state index contributed by atoms with van der Waals surface area (Å²) in [4.78, 5) is 24.8. The Bertz CT molecular complexity index is 534. The molecule has 1 aromatic carbocycles. The lowest BCUT2D eigenvalue weighted by atomic mass is 10.1. The molecule has 1 heterocycles. The second-order valence-corrected chi connectivity index (χ2v) is 5.16.